The molecule has 2 aromatic rings. The van der Waals surface area contributed by atoms with Gasteiger partial charge in [0.05, 0.1) is 5.92 Å². The van der Waals surface area contributed by atoms with Crippen molar-refractivity contribution in [2.75, 3.05) is 13.2 Å². The Morgan fingerprint density at radius 3 is 2.69 bits per heavy atom. The van der Waals surface area contributed by atoms with Crippen LogP contribution in [-0.2, 0) is 20.7 Å². The Morgan fingerprint density at radius 2 is 1.97 bits per heavy atom. The van der Waals surface area contributed by atoms with Gasteiger partial charge in [-0.3, -0.25) is 14.9 Å². The fourth-order valence-corrected chi connectivity index (χ4v) is 3.20. The number of amides is 3. The molecule has 3 rings (SSSR count). The first-order valence-electron chi connectivity index (χ1n) is 9.23. The summed E-state index contributed by atoms with van der Waals surface area (Å²) in [6, 6.07) is 13.1. The first kappa shape index (κ1) is 20.7. The maximum atomic E-state index is 12.8. The molecule has 7 nitrogen and oxygen atoms in total. The van der Waals surface area contributed by atoms with Crippen LogP contribution in [-0.4, -0.2) is 31.1 Å². The highest BCUT2D eigenvalue weighted by Crippen LogP contribution is 2.31. The van der Waals surface area contributed by atoms with E-state index in [1.165, 1.54) is 0 Å². The first-order valence-corrected chi connectivity index (χ1v) is 9.61. The summed E-state index contributed by atoms with van der Waals surface area (Å²) in [5.74, 6) is -1.23. The van der Waals surface area contributed by atoms with Crippen LogP contribution in [0.2, 0.25) is 5.02 Å². The number of rotatable bonds is 5. The second kappa shape index (κ2) is 9.43. The number of halogens is 1. The number of imide groups is 1. The van der Waals surface area contributed by atoms with Crippen LogP contribution in [0.5, 0.6) is 5.75 Å². The van der Waals surface area contributed by atoms with E-state index in [-0.39, 0.29) is 6.61 Å². The number of carbonyl (C=O) groups excluding carboxylic acids is 3. The molecular weight excluding hydrogens is 396 g/mol. The van der Waals surface area contributed by atoms with E-state index in [1.807, 2.05) is 0 Å². The van der Waals surface area contributed by atoms with Crippen LogP contribution >= 0.6 is 11.6 Å². The molecule has 152 valence electrons. The Bertz CT molecular complexity index is 903. The number of carbonyl (C=O) groups is 3. The van der Waals surface area contributed by atoms with Crippen LogP contribution in [0.4, 0.5) is 4.79 Å². The summed E-state index contributed by atoms with van der Waals surface area (Å²) in [5.41, 5.74) is 1.26. The van der Waals surface area contributed by atoms with Crippen molar-refractivity contribution in [1.29, 1.82) is 0 Å². The van der Waals surface area contributed by atoms with E-state index in [0.717, 1.165) is 5.56 Å². The molecule has 0 saturated carbocycles. The fourth-order valence-electron chi connectivity index (χ4n) is 3.01. The van der Waals surface area contributed by atoms with Gasteiger partial charge in [-0.2, -0.15) is 0 Å². The molecule has 0 aliphatic carbocycles. The Kier molecular flexibility index (Phi) is 6.72. The summed E-state index contributed by atoms with van der Waals surface area (Å²) in [5, 5.41) is 5.21. The standard InChI is InChI=1S/C21H21ClN2O5/c1-2-23-21(27)24-19(25)18(13-6-4-3-5-7-13)29-20(26)15-10-14-11-16(22)8-9-17(14)28-12-15/h3-9,11,15,18H,2,10,12H2,1H3,(H2,23,24,25,27). The zero-order chi connectivity index (χ0) is 20.8. The molecule has 0 fully saturated rings. The maximum Gasteiger partial charge on any atom is 0.321 e. The second-order valence-electron chi connectivity index (χ2n) is 6.54. The van der Waals surface area contributed by atoms with Crippen molar-refractivity contribution in [1.82, 2.24) is 10.6 Å². The summed E-state index contributed by atoms with van der Waals surface area (Å²) in [7, 11) is 0. The van der Waals surface area contributed by atoms with Crippen LogP contribution < -0.4 is 15.4 Å². The van der Waals surface area contributed by atoms with Crippen LogP contribution in [0.1, 0.15) is 24.2 Å². The van der Waals surface area contributed by atoms with Crippen molar-refractivity contribution >= 4 is 29.5 Å². The van der Waals surface area contributed by atoms with Crippen LogP contribution in [0.15, 0.2) is 48.5 Å². The van der Waals surface area contributed by atoms with Gasteiger partial charge in [0.15, 0.2) is 0 Å². The largest absolute Gasteiger partial charge is 0.492 e. The Balaban J connectivity index is 1.74. The molecule has 3 amide bonds. The van der Waals surface area contributed by atoms with Crippen LogP contribution in [0.3, 0.4) is 0 Å². The van der Waals surface area contributed by atoms with Gasteiger partial charge in [-0.1, -0.05) is 41.9 Å². The number of ether oxygens (including phenoxy) is 2. The molecule has 1 aliphatic heterocycles. The average molecular weight is 417 g/mol. The lowest BCUT2D eigenvalue weighted by molar-refractivity contribution is -0.161. The summed E-state index contributed by atoms with van der Waals surface area (Å²) >= 11 is 6.02. The topological polar surface area (TPSA) is 93.7 Å². The minimum atomic E-state index is -1.26. The van der Waals surface area contributed by atoms with Gasteiger partial charge < -0.3 is 14.8 Å². The van der Waals surface area contributed by atoms with Gasteiger partial charge in [-0.05, 0) is 37.1 Å². The summed E-state index contributed by atoms with van der Waals surface area (Å²) in [4.78, 5) is 37.1. The van der Waals surface area contributed by atoms with Gasteiger partial charge in [0, 0.05) is 17.1 Å². The minimum absolute atomic E-state index is 0.132. The first-order chi connectivity index (χ1) is 14.0. The van der Waals surface area contributed by atoms with Crippen molar-refractivity contribution in [3.63, 3.8) is 0 Å². The summed E-state index contributed by atoms with van der Waals surface area (Å²) < 4.78 is 11.2. The Hall–Kier alpha value is -3.06. The number of nitrogens with one attached hydrogen (secondary N) is 2. The zero-order valence-corrected chi connectivity index (χ0v) is 16.6. The van der Waals surface area contributed by atoms with Crippen molar-refractivity contribution in [3.8, 4) is 5.75 Å². The van der Waals surface area contributed by atoms with E-state index in [2.05, 4.69) is 10.6 Å². The molecule has 2 N–H and O–H groups in total. The fraction of sp³-hybridized carbons (Fsp3) is 0.286. The van der Waals surface area contributed by atoms with Crippen molar-refractivity contribution < 1.29 is 23.9 Å². The van der Waals surface area contributed by atoms with Gasteiger partial charge in [0.2, 0.25) is 6.10 Å². The van der Waals surface area contributed by atoms with Crippen molar-refractivity contribution in [2.24, 2.45) is 5.92 Å². The van der Waals surface area contributed by atoms with Crippen molar-refractivity contribution in [3.05, 3.63) is 64.7 Å². The van der Waals surface area contributed by atoms with Crippen LogP contribution in [0, 0.1) is 5.92 Å². The maximum absolute atomic E-state index is 12.8. The summed E-state index contributed by atoms with van der Waals surface area (Å²) in [6.45, 7) is 2.22. The number of fused-ring (bicyclic) bond motifs is 1. The lowest BCUT2D eigenvalue weighted by atomic mass is 9.96. The van der Waals surface area contributed by atoms with Gasteiger partial charge in [0.25, 0.3) is 5.91 Å². The van der Waals surface area contributed by atoms with Crippen LogP contribution in [0.25, 0.3) is 0 Å². The smallest absolute Gasteiger partial charge is 0.321 e. The quantitative estimate of drug-likeness (QED) is 0.731. The highest BCUT2D eigenvalue weighted by atomic mass is 35.5. The number of esters is 1. The lowest BCUT2D eigenvalue weighted by Crippen LogP contribution is -2.43. The molecule has 2 atom stereocenters. The molecule has 0 aromatic heterocycles. The Labute approximate surface area is 173 Å². The van der Waals surface area contributed by atoms with Crippen molar-refractivity contribution in [2.45, 2.75) is 19.4 Å². The summed E-state index contributed by atoms with van der Waals surface area (Å²) in [6.07, 6.45) is -0.874. The van der Waals surface area contributed by atoms with Gasteiger partial charge >= 0.3 is 12.0 Å². The average Bonchev–Trinajstić information content (AvgIpc) is 2.71. The number of hydrogen-bond acceptors (Lipinski definition) is 5. The minimum Gasteiger partial charge on any atom is -0.492 e. The third-order valence-corrected chi connectivity index (χ3v) is 4.65. The van der Waals surface area contributed by atoms with Gasteiger partial charge in [-0.25, -0.2) is 4.79 Å². The molecule has 2 aromatic carbocycles. The molecule has 0 spiro atoms. The van der Waals surface area contributed by atoms with Gasteiger partial charge in [-0.15, -0.1) is 0 Å². The molecule has 0 bridgehead atoms. The predicted molar refractivity (Wildman–Crippen MR) is 107 cm³/mol. The third kappa shape index (κ3) is 5.26. The predicted octanol–water partition coefficient (Wildman–Crippen LogP) is 3.02. The molecule has 1 aliphatic rings. The molecule has 1 heterocycles. The SMILES string of the molecule is CCNC(=O)NC(=O)C(OC(=O)C1COc2ccc(Cl)cc2C1)c1ccccc1. The third-order valence-electron chi connectivity index (χ3n) is 4.41. The molecule has 0 radical (unpaired) electrons. The van der Waals surface area contributed by atoms with E-state index >= 15 is 0 Å². The van der Waals surface area contributed by atoms with E-state index in [1.54, 1.807) is 55.5 Å². The Morgan fingerprint density at radius 1 is 1.21 bits per heavy atom. The lowest BCUT2D eigenvalue weighted by Gasteiger charge is -2.26. The zero-order valence-electron chi connectivity index (χ0n) is 15.8. The molecule has 0 saturated heterocycles. The molecule has 8 heteroatoms. The number of hydrogen-bond donors (Lipinski definition) is 2. The molecule has 29 heavy (non-hydrogen) atoms. The highest BCUT2D eigenvalue weighted by molar-refractivity contribution is 6.30. The van der Waals surface area contributed by atoms with Gasteiger partial charge in [0.1, 0.15) is 12.4 Å². The normalized spacial score (nSPS) is 16.0. The number of urea groups is 1. The van der Waals surface area contributed by atoms with E-state index in [4.69, 9.17) is 21.1 Å². The molecule has 2 unspecified atom stereocenters. The number of benzene rings is 2. The monoisotopic (exact) mass is 416 g/mol. The van der Waals surface area contributed by atoms with E-state index in [0.29, 0.717) is 29.3 Å². The second-order valence-corrected chi connectivity index (χ2v) is 6.98. The highest BCUT2D eigenvalue weighted by Gasteiger charge is 2.33. The van der Waals surface area contributed by atoms with E-state index in [9.17, 15) is 14.4 Å². The van der Waals surface area contributed by atoms with E-state index < -0.39 is 29.9 Å². The molecular formula is C21H21ClN2O5.